The summed E-state index contributed by atoms with van der Waals surface area (Å²) in [4.78, 5) is 11.9. The fraction of sp³-hybridized carbons (Fsp3) is 0.435. The van der Waals surface area contributed by atoms with Crippen LogP contribution in [0.4, 0.5) is 18.9 Å². The summed E-state index contributed by atoms with van der Waals surface area (Å²) in [6, 6.07) is 6.88. The molecule has 0 amide bonds. The number of methoxy groups -OCH3 is 1. The summed E-state index contributed by atoms with van der Waals surface area (Å²) in [5, 5.41) is 12.4. The molecule has 182 valence electrons. The highest BCUT2D eigenvalue weighted by Gasteiger charge is 2.30. The third kappa shape index (κ3) is 5.57. The number of nitrogens with one attached hydrogen (secondary N) is 1. The van der Waals surface area contributed by atoms with Crippen LogP contribution in [-0.2, 0) is 23.2 Å². The second kappa shape index (κ2) is 10.5. The second-order valence-corrected chi connectivity index (χ2v) is 8.97. The number of aromatic nitrogens is 3. The van der Waals surface area contributed by atoms with Crippen LogP contribution in [0.3, 0.4) is 0 Å². The van der Waals surface area contributed by atoms with Gasteiger partial charge in [0.2, 0.25) is 0 Å². The van der Waals surface area contributed by atoms with Crippen LogP contribution in [0, 0.1) is 0 Å². The molecule has 3 aromatic rings. The third-order valence-electron chi connectivity index (χ3n) is 5.80. The van der Waals surface area contributed by atoms with Crippen molar-refractivity contribution in [1.29, 1.82) is 0 Å². The number of hydrogen-bond acceptors (Lipinski definition) is 7. The van der Waals surface area contributed by atoms with Crippen LogP contribution in [0.2, 0.25) is 0 Å². The van der Waals surface area contributed by atoms with Gasteiger partial charge in [0.15, 0.2) is 11.0 Å². The minimum atomic E-state index is -4.40. The molecule has 2 heterocycles. The molecule has 0 saturated heterocycles. The van der Waals surface area contributed by atoms with Crippen LogP contribution in [0.5, 0.6) is 0 Å². The summed E-state index contributed by atoms with van der Waals surface area (Å²) in [5.41, 5.74) is 0.0213. The molecule has 11 heteroatoms. The highest BCUT2D eigenvalue weighted by molar-refractivity contribution is 7.98. The molecule has 1 N–H and O–H groups in total. The van der Waals surface area contributed by atoms with Gasteiger partial charge in [-0.1, -0.05) is 37.1 Å². The van der Waals surface area contributed by atoms with Gasteiger partial charge < -0.3 is 19.0 Å². The zero-order valence-corrected chi connectivity index (χ0v) is 19.4. The Morgan fingerprint density at radius 3 is 2.76 bits per heavy atom. The first-order valence-electron chi connectivity index (χ1n) is 11.0. The molecule has 1 aliphatic carbocycles. The molecule has 1 fully saturated rings. The van der Waals surface area contributed by atoms with Crippen LogP contribution in [0.25, 0.3) is 0 Å². The lowest BCUT2D eigenvalue weighted by atomic mass is 9.95. The molecule has 34 heavy (non-hydrogen) atoms. The van der Waals surface area contributed by atoms with E-state index in [4.69, 9.17) is 9.15 Å². The van der Waals surface area contributed by atoms with E-state index in [1.165, 1.54) is 37.6 Å². The van der Waals surface area contributed by atoms with E-state index in [-0.39, 0.29) is 12.6 Å². The molecule has 0 aliphatic heterocycles. The number of rotatable bonds is 8. The molecule has 0 bridgehead atoms. The predicted octanol–water partition coefficient (Wildman–Crippen LogP) is 6.09. The number of halogens is 3. The topological polar surface area (TPSA) is 82.2 Å². The van der Waals surface area contributed by atoms with E-state index in [1.54, 1.807) is 12.1 Å². The highest BCUT2D eigenvalue weighted by atomic mass is 32.2. The van der Waals surface area contributed by atoms with Gasteiger partial charge in [-0.15, -0.1) is 10.2 Å². The second-order valence-electron chi connectivity index (χ2n) is 8.03. The number of alkyl halides is 3. The predicted molar refractivity (Wildman–Crippen MR) is 121 cm³/mol. The largest absolute Gasteiger partial charge is 0.468 e. The van der Waals surface area contributed by atoms with Gasteiger partial charge in [0.25, 0.3) is 0 Å². The maximum absolute atomic E-state index is 13.1. The van der Waals surface area contributed by atoms with Gasteiger partial charge in [-0.2, -0.15) is 13.2 Å². The highest BCUT2D eigenvalue weighted by Crippen LogP contribution is 2.35. The number of carbonyl (C=O) groups is 1. The summed E-state index contributed by atoms with van der Waals surface area (Å²) in [7, 11) is 1.32. The number of hydrogen-bond donors (Lipinski definition) is 1. The molecule has 0 spiro atoms. The van der Waals surface area contributed by atoms with Crippen molar-refractivity contribution in [3.63, 3.8) is 0 Å². The number of esters is 1. The van der Waals surface area contributed by atoms with E-state index in [2.05, 4.69) is 20.1 Å². The first kappa shape index (κ1) is 24.2. The Balaban J connectivity index is 1.53. The van der Waals surface area contributed by atoms with Crippen molar-refractivity contribution < 1.29 is 27.1 Å². The van der Waals surface area contributed by atoms with Crippen molar-refractivity contribution in [2.45, 2.75) is 61.8 Å². The Morgan fingerprint density at radius 2 is 2.03 bits per heavy atom. The number of benzene rings is 1. The summed E-state index contributed by atoms with van der Waals surface area (Å²) in [5.74, 6) is 1.03. The Kier molecular flexibility index (Phi) is 7.50. The Labute approximate surface area is 199 Å². The van der Waals surface area contributed by atoms with Crippen LogP contribution in [0.15, 0.2) is 46.2 Å². The van der Waals surface area contributed by atoms with E-state index in [0.29, 0.717) is 33.7 Å². The minimum absolute atomic E-state index is 0.209. The fourth-order valence-corrected chi connectivity index (χ4v) is 5.07. The van der Waals surface area contributed by atoms with Crippen molar-refractivity contribution in [3.05, 3.63) is 59.3 Å². The van der Waals surface area contributed by atoms with Crippen molar-refractivity contribution in [1.82, 2.24) is 14.8 Å². The van der Waals surface area contributed by atoms with Crippen molar-refractivity contribution in [3.8, 4) is 0 Å². The van der Waals surface area contributed by atoms with Crippen LogP contribution >= 0.6 is 11.8 Å². The van der Waals surface area contributed by atoms with Gasteiger partial charge in [-0.25, -0.2) is 4.79 Å². The number of anilines is 1. The van der Waals surface area contributed by atoms with Crippen molar-refractivity contribution >= 4 is 23.4 Å². The Bertz CT molecular complexity index is 1120. The zero-order chi connectivity index (χ0) is 24.1. The molecule has 4 rings (SSSR count). The number of carbonyl (C=O) groups excluding carboxylic acids is 1. The van der Waals surface area contributed by atoms with E-state index in [0.717, 1.165) is 37.8 Å². The SMILES string of the molecule is COC(=O)c1ccoc1CSc1nnc(CNc2cccc(C(F)(F)F)c2)n1C1CCCCC1. The van der Waals surface area contributed by atoms with E-state index in [9.17, 15) is 18.0 Å². The monoisotopic (exact) mass is 494 g/mol. The molecule has 1 aromatic carbocycles. The number of thioether (sulfide) groups is 1. The maximum atomic E-state index is 13.1. The lowest BCUT2D eigenvalue weighted by molar-refractivity contribution is -0.137. The van der Waals surface area contributed by atoms with E-state index in [1.807, 2.05) is 0 Å². The van der Waals surface area contributed by atoms with Crippen molar-refractivity contribution in [2.24, 2.45) is 0 Å². The standard InChI is InChI=1S/C23H25F3N4O3S/c1-32-21(31)18-10-11-33-19(18)14-34-22-29-28-20(30(22)17-8-3-2-4-9-17)13-27-16-7-5-6-15(12-16)23(24,25)26/h5-7,10-12,17,27H,2-4,8-9,13-14H2,1H3. The number of nitrogens with zero attached hydrogens (tertiary/aromatic N) is 3. The first-order valence-corrected chi connectivity index (χ1v) is 12.0. The average molecular weight is 495 g/mol. The minimum Gasteiger partial charge on any atom is -0.468 e. The van der Waals surface area contributed by atoms with Gasteiger partial charge in [0.1, 0.15) is 11.3 Å². The van der Waals surface area contributed by atoms with E-state index < -0.39 is 17.7 Å². The summed E-state index contributed by atoms with van der Waals surface area (Å²) >= 11 is 1.40. The van der Waals surface area contributed by atoms with Gasteiger partial charge >= 0.3 is 12.1 Å². The smallest absolute Gasteiger partial charge is 0.416 e. The number of ether oxygens (including phenoxy) is 1. The Morgan fingerprint density at radius 1 is 1.24 bits per heavy atom. The molecule has 7 nitrogen and oxygen atoms in total. The molecule has 0 atom stereocenters. The maximum Gasteiger partial charge on any atom is 0.416 e. The van der Waals surface area contributed by atoms with Gasteiger partial charge in [-0.05, 0) is 37.1 Å². The normalized spacial score (nSPS) is 14.8. The molecular formula is C23H25F3N4O3S. The first-order chi connectivity index (χ1) is 16.4. The lowest BCUT2D eigenvalue weighted by Crippen LogP contribution is -2.18. The van der Waals surface area contributed by atoms with Gasteiger partial charge in [0, 0.05) is 11.7 Å². The number of furan rings is 1. The summed E-state index contributed by atoms with van der Waals surface area (Å²) in [6.45, 7) is 0.236. The van der Waals surface area contributed by atoms with Gasteiger partial charge in [0.05, 0.1) is 31.2 Å². The van der Waals surface area contributed by atoms with Crippen molar-refractivity contribution in [2.75, 3.05) is 12.4 Å². The molecule has 1 saturated carbocycles. The van der Waals surface area contributed by atoms with E-state index >= 15 is 0 Å². The zero-order valence-electron chi connectivity index (χ0n) is 18.6. The summed E-state index contributed by atoms with van der Waals surface area (Å²) in [6.07, 6.45) is 2.37. The molecule has 0 unspecified atom stereocenters. The fourth-order valence-electron chi connectivity index (χ4n) is 4.09. The molecule has 1 aliphatic rings. The molecular weight excluding hydrogens is 469 g/mol. The van der Waals surface area contributed by atoms with Crippen LogP contribution in [-0.4, -0.2) is 27.8 Å². The Hall–Kier alpha value is -2.95. The van der Waals surface area contributed by atoms with Crippen LogP contribution < -0.4 is 5.32 Å². The summed E-state index contributed by atoms with van der Waals surface area (Å²) < 4.78 is 51.5. The lowest BCUT2D eigenvalue weighted by Gasteiger charge is -2.25. The third-order valence-corrected chi connectivity index (χ3v) is 6.74. The van der Waals surface area contributed by atoms with Gasteiger partial charge in [-0.3, -0.25) is 0 Å². The molecule has 0 radical (unpaired) electrons. The quantitative estimate of drug-likeness (QED) is 0.300. The van der Waals surface area contributed by atoms with Crippen LogP contribution in [0.1, 0.15) is 65.7 Å². The average Bonchev–Trinajstić information content (AvgIpc) is 3.48. The molecule has 2 aromatic heterocycles.